The molecule has 29 heavy (non-hydrogen) atoms. The highest BCUT2D eigenvalue weighted by molar-refractivity contribution is 5.97. The van der Waals surface area contributed by atoms with Crippen molar-refractivity contribution in [3.8, 4) is 5.75 Å². The van der Waals surface area contributed by atoms with Gasteiger partial charge in [-0.25, -0.2) is 0 Å². The molecule has 1 aliphatic heterocycles. The van der Waals surface area contributed by atoms with Gasteiger partial charge in [0.2, 0.25) is 0 Å². The molecule has 0 spiro atoms. The minimum absolute atomic E-state index is 0.00529. The summed E-state index contributed by atoms with van der Waals surface area (Å²) in [5, 5.41) is 2.80. The first kappa shape index (κ1) is 18.7. The number of hydrogen-bond acceptors (Lipinski definition) is 3. The van der Waals surface area contributed by atoms with Crippen molar-refractivity contribution in [2.45, 2.75) is 13.0 Å². The summed E-state index contributed by atoms with van der Waals surface area (Å²) >= 11 is 0. The van der Waals surface area contributed by atoms with Crippen LogP contribution in [0.3, 0.4) is 0 Å². The van der Waals surface area contributed by atoms with Crippen LogP contribution in [0.4, 0.5) is 5.69 Å². The number of carbonyl (C=O) groups excluding carboxylic acids is 2. The van der Waals surface area contributed by atoms with Crippen molar-refractivity contribution in [2.75, 3.05) is 18.5 Å². The Labute approximate surface area is 169 Å². The number of benzene rings is 3. The van der Waals surface area contributed by atoms with E-state index in [2.05, 4.69) is 5.32 Å². The quantitative estimate of drug-likeness (QED) is 0.699. The van der Waals surface area contributed by atoms with Crippen molar-refractivity contribution in [1.82, 2.24) is 4.90 Å². The molecule has 0 unspecified atom stereocenters. The van der Waals surface area contributed by atoms with Crippen molar-refractivity contribution in [1.29, 1.82) is 0 Å². The zero-order valence-electron chi connectivity index (χ0n) is 16.0. The molecular weight excluding hydrogens is 364 g/mol. The molecule has 3 aromatic carbocycles. The number of nitrogens with zero attached hydrogens (tertiary/aromatic N) is 1. The van der Waals surface area contributed by atoms with E-state index in [0.717, 1.165) is 16.8 Å². The van der Waals surface area contributed by atoms with Crippen LogP contribution in [0.2, 0.25) is 0 Å². The lowest BCUT2D eigenvalue weighted by Crippen LogP contribution is -2.37. The van der Waals surface area contributed by atoms with Crippen LogP contribution in [0.1, 0.15) is 21.5 Å². The van der Waals surface area contributed by atoms with Crippen LogP contribution in [-0.4, -0.2) is 29.9 Å². The van der Waals surface area contributed by atoms with Crippen LogP contribution in [-0.2, 0) is 17.8 Å². The molecular formula is C24H22N2O3. The fourth-order valence-electron chi connectivity index (χ4n) is 3.49. The third-order valence-electron chi connectivity index (χ3n) is 4.91. The zero-order chi connectivity index (χ0) is 20.1. The maximum absolute atomic E-state index is 12.9. The van der Waals surface area contributed by atoms with Gasteiger partial charge in [0.15, 0.2) is 6.61 Å². The normalized spacial score (nSPS) is 13.0. The van der Waals surface area contributed by atoms with Gasteiger partial charge in [-0.3, -0.25) is 9.59 Å². The maximum atomic E-state index is 12.9. The number of carbonyl (C=O) groups is 2. The number of anilines is 1. The van der Waals surface area contributed by atoms with Gasteiger partial charge < -0.3 is 15.0 Å². The summed E-state index contributed by atoms with van der Waals surface area (Å²) in [5.41, 5.74) is 3.35. The summed E-state index contributed by atoms with van der Waals surface area (Å²) in [5.74, 6) is 0.356. The van der Waals surface area contributed by atoms with Crippen molar-refractivity contribution in [3.63, 3.8) is 0 Å². The van der Waals surface area contributed by atoms with E-state index in [1.165, 1.54) is 0 Å². The molecule has 0 fully saturated rings. The van der Waals surface area contributed by atoms with Crippen molar-refractivity contribution in [2.24, 2.45) is 0 Å². The number of fused-ring (bicyclic) bond motifs is 1. The van der Waals surface area contributed by atoms with Gasteiger partial charge in [0, 0.05) is 29.9 Å². The Balaban J connectivity index is 1.42. The second-order valence-electron chi connectivity index (χ2n) is 6.95. The van der Waals surface area contributed by atoms with E-state index in [0.29, 0.717) is 30.8 Å². The Morgan fingerprint density at radius 1 is 0.931 bits per heavy atom. The minimum atomic E-state index is -0.235. The van der Waals surface area contributed by atoms with Crippen LogP contribution >= 0.6 is 0 Å². The molecule has 0 aliphatic carbocycles. The van der Waals surface area contributed by atoms with Gasteiger partial charge in [0.25, 0.3) is 11.8 Å². The van der Waals surface area contributed by atoms with E-state index >= 15 is 0 Å². The highest BCUT2D eigenvalue weighted by Gasteiger charge is 2.26. The molecule has 4 rings (SSSR count). The second-order valence-corrected chi connectivity index (χ2v) is 6.95. The Bertz CT molecular complexity index is 1000. The first-order chi connectivity index (χ1) is 14.2. The van der Waals surface area contributed by atoms with Crippen molar-refractivity contribution in [3.05, 3.63) is 95.6 Å². The lowest BCUT2D eigenvalue weighted by Gasteiger charge is -2.29. The molecule has 0 atom stereocenters. The summed E-state index contributed by atoms with van der Waals surface area (Å²) in [7, 11) is 0. The fraction of sp³-hybridized carbons (Fsp3) is 0.167. The number of rotatable bonds is 6. The van der Waals surface area contributed by atoms with Crippen LogP contribution < -0.4 is 10.1 Å². The molecule has 146 valence electrons. The largest absolute Gasteiger partial charge is 0.483 e. The summed E-state index contributed by atoms with van der Waals surface area (Å²) < 4.78 is 5.76. The molecule has 5 heteroatoms. The summed E-state index contributed by atoms with van der Waals surface area (Å²) in [4.78, 5) is 27.0. The van der Waals surface area contributed by atoms with E-state index in [1.807, 2.05) is 77.7 Å². The average Bonchev–Trinajstić information content (AvgIpc) is 2.76. The summed E-state index contributed by atoms with van der Waals surface area (Å²) in [6.45, 7) is 1.11. The average molecular weight is 386 g/mol. The molecule has 3 aromatic rings. The molecule has 1 N–H and O–H groups in total. The lowest BCUT2D eigenvalue weighted by atomic mass is 9.97. The zero-order valence-corrected chi connectivity index (χ0v) is 16.0. The van der Waals surface area contributed by atoms with E-state index in [9.17, 15) is 9.59 Å². The number of nitrogens with one attached hydrogen (secondary N) is 1. The van der Waals surface area contributed by atoms with E-state index in [-0.39, 0.29) is 18.4 Å². The van der Waals surface area contributed by atoms with Gasteiger partial charge in [0.1, 0.15) is 5.75 Å². The predicted octanol–water partition coefficient (Wildman–Crippen LogP) is 3.90. The smallest absolute Gasteiger partial charge is 0.262 e. The molecule has 0 aromatic heterocycles. The van der Waals surface area contributed by atoms with Gasteiger partial charge in [0.05, 0.1) is 0 Å². The first-order valence-corrected chi connectivity index (χ1v) is 9.63. The highest BCUT2D eigenvalue weighted by Crippen LogP contribution is 2.28. The Morgan fingerprint density at radius 3 is 2.41 bits per heavy atom. The molecule has 0 saturated heterocycles. The first-order valence-electron chi connectivity index (χ1n) is 9.63. The maximum Gasteiger partial charge on any atom is 0.262 e. The Hall–Kier alpha value is -3.60. The van der Waals surface area contributed by atoms with E-state index in [1.54, 1.807) is 6.07 Å². The van der Waals surface area contributed by atoms with Gasteiger partial charge in [-0.1, -0.05) is 54.6 Å². The van der Waals surface area contributed by atoms with Gasteiger partial charge in [-0.05, 0) is 36.2 Å². The Morgan fingerprint density at radius 2 is 1.66 bits per heavy atom. The monoisotopic (exact) mass is 386 g/mol. The Kier molecular flexibility index (Phi) is 5.56. The van der Waals surface area contributed by atoms with Crippen LogP contribution in [0.25, 0.3) is 0 Å². The predicted molar refractivity (Wildman–Crippen MR) is 112 cm³/mol. The number of hydrogen-bond donors (Lipinski definition) is 1. The molecule has 0 saturated carbocycles. The second kappa shape index (κ2) is 8.61. The third kappa shape index (κ3) is 4.46. The molecule has 0 bridgehead atoms. The topological polar surface area (TPSA) is 58.6 Å². The van der Waals surface area contributed by atoms with Crippen LogP contribution in [0, 0.1) is 0 Å². The van der Waals surface area contributed by atoms with Gasteiger partial charge in [-0.2, -0.15) is 0 Å². The lowest BCUT2D eigenvalue weighted by molar-refractivity contribution is -0.118. The molecule has 0 radical (unpaired) electrons. The number of ether oxygens (including phenoxy) is 1. The van der Waals surface area contributed by atoms with Gasteiger partial charge in [-0.15, -0.1) is 0 Å². The molecule has 1 heterocycles. The van der Waals surface area contributed by atoms with E-state index < -0.39 is 0 Å². The third-order valence-corrected chi connectivity index (χ3v) is 4.91. The highest BCUT2D eigenvalue weighted by atomic mass is 16.5. The molecule has 1 aliphatic rings. The van der Waals surface area contributed by atoms with Crippen LogP contribution in [0.5, 0.6) is 5.75 Å². The number of para-hydroxylation sites is 1. The standard InChI is InChI=1S/C24H22N2O3/c27-23(25-19-10-5-2-6-11-19)17-29-22-13-7-12-21-20(22)14-15-26(24(21)28)16-18-8-3-1-4-9-18/h1-13H,14-17H2,(H,25,27). The SMILES string of the molecule is O=C(COc1cccc2c1CCN(Cc1ccccc1)C2=O)Nc1ccccc1. The molecule has 2 amide bonds. The van der Waals surface area contributed by atoms with E-state index in [4.69, 9.17) is 4.74 Å². The van der Waals surface area contributed by atoms with Crippen LogP contribution in [0.15, 0.2) is 78.9 Å². The molecule has 5 nitrogen and oxygen atoms in total. The summed E-state index contributed by atoms with van der Waals surface area (Å²) in [6.07, 6.45) is 0.699. The number of amides is 2. The van der Waals surface area contributed by atoms with Gasteiger partial charge >= 0.3 is 0 Å². The van der Waals surface area contributed by atoms with Crippen molar-refractivity contribution < 1.29 is 14.3 Å². The van der Waals surface area contributed by atoms with Crippen molar-refractivity contribution >= 4 is 17.5 Å². The minimum Gasteiger partial charge on any atom is -0.483 e. The fourth-order valence-corrected chi connectivity index (χ4v) is 3.49. The summed E-state index contributed by atoms with van der Waals surface area (Å²) in [6, 6.07) is 24.6.